The van der Waals surface area contributed by atoms with Crippen molar-refractivity contribution >= 4 is 11.7 Å². The van der Waals surface area contributed by atoms with Gasteiger partial charge in [0.25, 0.3) is 0 Å². The van der Waals surface area contributed by atoms with E-state index < -0.39 is 0 Å². The van der Waals surface area contributed by atoms with Gasteiger partial charge in [-0.05, 0) is 37.8 Å². The highest BCUT2D eigenvalue weighted by atomic mass is 16.4. The van der Waals surface area contributed by atoms with Crippen LogP contribution in [0.15, 0.2) is 17.3 Å². The summed E-state index contributed by atoms with van der Waals surface area (Å²) in [4.78, 5) is 6.49. The van der Waals surface area contributed by atoms with Crippen molar-refractivity contribution in [1.82, 2.24) is 4.98 Å². The normalized spacial score (nSPS) is 23.0. The SMILES string of the molecule is Cc1cc(/C(N)=N/O)cc(N(C)CC2CC(O)C2)n1. The Morgan fingerprint density at radius 2 is 2.21 bits per heavy atom. The molecule has 0 amide bonds. The van der Waals surface area contributed by atoms with Gasteiger partial charge < -0.3 is 20.9 Å². The second-order valence-corrected chi connectivity index (χ2v) is 5.21. The van der Waals surface area contributed by atoms with Gasteiger partial charge in [-0.15, -0.1) is 0 Å². The number of aromatic nitrogens is 1. The first kappa shape index (κ1) is 13.6. The number of aryl methyl sites for hydroxylation is 1. The van der Waals surface area contributed by atoms with Crippen LogP contribution in [-0.4, -0.2) is 40.8 Å². The Kier molecular flexibility index (Phi) is 3.90. The Morgan fingerprint density at radius 1 is 1.53 bits per heavy atom. The van der Waals surface area contributed by atoms with Gasteiger partial charge in [-0.25, -0.2) is 4.98 Å². The van der Waals surface area contributed by atoms with E-state index in [1.54, 1.807) is 12.1 Å². The highest BCUT2D eigenvalue weighted by Crippen LogP contribution is 2.28. The fraction of sp³-hybridized carbons (Fsp3) is 0.538. The summed E-state index contributed by atoms with van der Waals surface area (Å²) in [5, 5.41) is 21.0. The molecular formula is C13H20N4O2. The summed E-state index contributed by atoms with van der Waals surface area (Å²) < 4.78 is 0. The summed E-state index contributed by atoms with van der Waals surface area (Å²) in [6, 6.07) is 3.58. The largest absolute Gasteiger partial charge is 0.409 e. The zero-order chi connectivity index (χ0) is 14.0. The highest BCUT2D eigenvalue weighted by molar-refractivity contribution is 5.97. The van der Waals surface area contributed by atoms with Gasteiger partial charge in [0.15, 0.2) is 5.84 Å². The standard InChI is InChI=1S/C13H20N4O2/c1-8-3-10(13(14)16-19)6-12(15-8)17(2)7-9-4-11(18)5-9/h3,6,9,11,18-19H,4-5,7H2,1-2H3,(H2,14,16). The second kappa shape index (κ2) is 5.44. The Labute approximate surface area is 112 Å². The van der Waals surface area contributed by atoms with Crippen LogP contribution in [0, 0.1) is 12.8 Å². The van der Waals surface area contributed by atoms with Gasteiger partial charge in [-0.3, -0.25) is 0 Å². The molecule has 6 heteroatoms. The zero-order valence-electron chi connectivity index (χ0n) is 11.2. The van der Waals surface area contributed by atoms with E-state index in [9.17, 15) is 5.11 Å². The Balaban J connectivity index is 2.12. The summed E-state index contributed by atoms with van der Waals surface area (Å²) in [5.74, 6) is 1.39. The third-order valence-corrected chi connectivity index (χ3v) is 3.48. The molecule has 0 spiro atoms. The fourth-order valence-corrected chi connectivity index (χ4v) is 2.38. The first-order valence-corrected chi connectivity index (χ1v) is 6.35. The van der Waals surface area contributed by atoms with Crippen molar-refractivity contribution < 1.29 is 10.3 Å². The van der Waals surface area contributed by atoms with E-state index in [1.165, 1.54) is 0 Å². The van der Waals surface area contributed by atoms with Crippen LogP contribution in [0.5, 0.6) is 0 Å². The molecule has 0 atom stereocenters. The molecule has 1 saturated carbocycles. The Bertz CT molecular complexity index is 484. The predicted octanol–water partition coefficient (Wildman–Crippen LogP) is 0.692. The second-order valence-electron chi connectivity index (χ2n) is 5.21. The van der Waals surface area contributed by atoms with E-state index in [0.29, 0.717) is 11.5 Å². The van der Waals surface area contributed by atoms with E-state index in [4.69, 9.17) is 10.9 Å². The molecule has 1 aliphatic rings. The van der Waals surface area contributed by atoms with Crippen LogP contribution in [0.3, 0.4) is 0 Å². The van der Waals surface area contributed by atoms with Gasteiger partial charge >= 0.3 is 0 Å². The lowest BCUT2D eigenvalue weighted by molar-refractivity contribution is 0.0464. The maximum atomic E-state index is 9.30. The average molecular weight is 264 g/mol. The third-order valence-electron chi connectivity index (χ3n) is 3.48. The molecule has 1 aliphatic carbocycles. The number of aliphatic hydroxyl groups is 1. The smallest absolute Gasteiger partial charge is 0.170 e. The maximum absolute atomic E-state index is 9.30. The van der Waals surface area contributed by atoms with Crippen molar-refractivity contribution in [3.05, 3.63) is 23.4 Å². The van der Waals surface area contributed by atoms with Crippen LogP contribution in [0.4, 0.5) is 5.82 Å². The lowest BCUT2D eigenvalue weighted by atomic mass is 9.82. The molecule has 0 saturated heterocycles. The summed E-state index contributed by atoms with van der Waals surface area (Å²) in [6.45, 7) is 2.72. The van der Waals surface area contributed by atoms with Crippen molar-refractivity contribution in [2.45, 2.75) is 25.9 Å². The van der Waals surface area contributed by atoms with Crippen molar-refractivity contribution in [2.75, 3.05) is 18.5 Å². The van der Waals surface area contributed by atoms with Crippen LogP contribution in [0.25, 0.3) is 0 Å². The molecule has 0 aliphatic heterocycles. The molecule has 0 bridgehead atoms. The monoisotopic (exact) mass is 264 g/mol. The summed E-state index contributed by atoms with van der Waals surface area (Å²) in [6.07, 6.45) is 1.56. The van der Waals surface area contributed by atoms with E-state index >= 15 is 0 Å². The number of amidine groups is 1. The van der Waals surface area contributed by atoms with Gasteiger partial charge in [0, 0.05) is 24.8 Å². The number of anilines is 1. The number of nitrogens with two attached hydrogens (primary N) is 1. The van der Waals surface area contributed by atoms with Gasteiger partial charge in [0.1, 0.15) is 5.82 Å². The van der Waals surface area contributed by atoms with Gasteiger partial charge in [-0.1, -0.05) is 5.16 Å². The average Bonchev–Trinajstić information content (AvgIpc) is 2.35. The minimum atomic E-state index is -0.142. The number of pyridine rings is 1. The van der Waals surface area contributed by atoms with Crippen LogP contribution < -0.4 is 10.6 Å². The number of rotatable bonds is 4. The summed E-state index contributed by atoms with van der Waals surface area (Å²) in [7, 11) is 1.96. The molecule has 0 unspecified atom stereocenters. The van der Waals surface area contributed by atoms with E-state index in [1.807, 2.05) is 18.9 Å². The molecule has 1 fully saturated rings. The Morgan fingerprint density at radius 3 is 2.79 bits per heavy atom. The third kappa shape index (κ3) is 3.14. The molecule has 6 nitrogen and oxygen atoms in total. The van der Waals surface area contributed by atoms with Crippen molar-refractivity contribution in [3.8, 4) is 0 Å². The van der Waals surface area contributed by atoms with Gasteiger partial charge in [0.2, 0.25) is 0 Å². The molecule has 2 rings (SSSR count). The van der Waals surface area contributed by atoms with Gasteiger partial charge in [-0.2, -0.15) is 0 Å². The molecule has 19 heavy (non-hydrogen) atoms. The number of aliphatic hydroxyl groups excluding tert-OH is 1. The molecule has 0 radical (unpaired) electrons. The zero-order valence-corrected chi connectivity index (χ0v) is 11.2. The van der Waals surface area contributed by atoms with Crippen LogP contribution in [-0.2, 0) is 0 Å². The number of hydrogen-bond acceptors (Lipinski definition) is 5. The maximum Gasteiger partial charge on any atom is 0.170 e. The van der Waals surface area contributed by atoms with Crippen molar-refractivity contribution in [3.63, 3.8) is 0 Å². The van der Waals surface area contributed by atoms with E-state index in [0.717, 1.165) is 30.9 Å². The topological polar surface area (TPSA) is 95.0 Å². The lowest BCUT2D eigenvalue weighted by Crippen LogP contribution is -2.37. The number of hydrogen-bond donors (Lipinski definition) is 3. The minimum Gasteiger partial charge on any atom is -0.409 e. The fourth-order valence-electron chi connectivity index (χ4n) is 2.38. The first-order chi connectivity index (χ1) is 8.99. The van der Waals surface area contributed by atoms with E-state index in [-0.39, 0.29) is 11.9 Å². The van der Waals surface area contributed by atoms with Crippen LogP contribution in [0.2, 0.25) is 0 Å². The summed E-state index contributed by atoms with van der Waals surface area (Å²) in [5.41, 5.74) is 7.09. The van der Waals surface area contributed by atoms with Crippen LogP contribution in [0.1, 0.15) is 24.1 Å². The lowest BCUT2D eigenvalue weighted by Gasteiger charge is -2.34. The van der Waals surface area contributed by atoms with Gasteiger partial charge in [0.05, 0.1) is 6.10 Å². The molecule has 1 heterocycles. The van der Waals surface area contributed by atoms with Crippen LogP contribution >= 0.6 is 0 Å². The summed E-state index contributed by atoms with van der Waals surface area (Å²) >= 11 is 0. The quantitative estimate of drug-likeness (QED) is 0.322. The molecule has 1 aromatic rings. The minimum absolute atomic E-state index is 0.0826. The highest BCUT2D eigenvalue weighted by Gasteiger charge is 2.28. The molecule has 4 N–H and O–H groups in total. The number of nitrogens with zero attached hydrogens (tertiary/aromatic N) is 3. The van der Waals surface area contributed by atoms with E-state index in [2.05, 4.69) is 10.1 Å². The van der Waals surface area contributed by atoms with Crippen molar-refractivity contribution in [2.24, 2.45) is 16.8 Å². The first-order valence-electron chi connectivity index (χ1n) is 6.35. The van der Waals surface area contributed by atoms with Crippen molar-refractivity contribution in [1.29, 1.82) is 0 Å². The Hall–Kier alpha value is -1.82. The molecule has 1 aromatic heterocycles. The number of oxime groups is 1. The predicted molar refractivity (Wildman–Crippen MR) is 73.5 cm³/mol. The molecule has 104 valence electrons. The molecular weight excluding hydrogens is 244 g/mol. The molecule has 0 aromatic carbocycles.